The minimum Gasteiger partial charge on any atom is -0.394 e. The maximum Gasteiger partial charge on any atom is 0.259 e. The second kappa shape index (κ2) is 8.74. The third-order valence-corrected chi connectivity index (χ3v) is 5.33. The summed E-state index contributed by atoms with van der Waals surface area (Å²) in [6.07, 6.45) is 1.75. The lowest BCUT2D eigenvalue weighted by Gasteiger charge is -2.16. The van der Waals surface area contributed by atoms with Crippen LogP contribution in [0.3, 0.4) is 0 Å². The van der Waals surface area contributed by atoms with Gasteiger partial charge in [-0.15, -0.1) is 0 Å². The van der Waals surface area contributed by atoms with Crippen LogP contribution in [0.25, 0.3) is 16.8 Å². The van der Waals surface area contributed by atoms with Crippen molar-refractivity contribution < 1.29 is 20.1 Å². The summed E-state index contributed by atoms with van der Waals surface area (Å²) in [6.45, 7) is 3.03. The third-order valence-electron chi connectivity index (χ3n) is 5.33. The second-order valence-corrected chi connectivity index (χ2v) is 7.46. The molecule has 30 heavy (non-hydrogen) atoms. The molecule has 0 aromatic carbocycles. The van der Waals surface area contributed by atoms with Crippen LogP contribution in [0.4, 0.5) is 0 Å². The van der Waals surface area contributed by atoms with Crippen molar-refractivity contribution >= 4 is 16.8 Å². The monoisotopic (exact) mass is 418 g/mol. The number of fused-ring (bicyclic) bond motifs is 3. The molecule has 1 aliphatic heterocycles. The molecule has 1 fully saturated rings. The van der Waals surface area contributed by atoms with Crippen LogP contribution in [-0.4, -0.2) is 70.7 Å². The first-order chi connectivity index (χ1) is 14.5. The highest BCUT2D eigenvalue weighted by Crippen LogP contribution is 2.31. The first kappa shape index (κ1) is 20.8. The van der Waals surface area contributed by atoms with Gasteiger partial charge in [-0.25, -0.2) is 19.4 Å². The molecule has 4 N–H and O–H groups in total. The average molecular weight is 418 g/mol. The van der Waals surface area contributed by atoms with Gasteiger partial charge in [-0.05, 0) is 13.0 Å². The minimum atomic E-state index is -1.26. The van der Waals surface area contributed by atoms with Crippen molar-refractivity contribution in [1.82, 2.24) is 29.2 Å². The van der Waals surface area contributed by atoms with E-state index in [1.54, 1.807) is 0 Å². The Morgan fingerprint density at radius 1 is 1.17 bits per heavy atom. The van der Waals surface area contributed by atoms with Gasteiger partial charge in [0.15, 0.2) is 23.0 Å². The molecule has 1 aliphatic rings. The van der Waals surface area contributed by atoms with Crippen molar-refractivity contribution in [2.75, 3.05) is 13.2 Å². The van der Waals surface area contributed by atoms with Crippen molar-refractivity contribution in [3.05, 3.63) is 34.8 Å². The molecule has 162 valence electrons. The number of hydrogen-bond acceptors (Lipinski definition) is 9. The van der Waals surface area contributed by atoms with E-state index < -0.39 is 31.1 Å². The van der Waals surface area contributed by atoms with E-state index >= 15 is 0 Å². The maximum absolute atomic E-state index is 12.5. The average Bonchev–Trinajstić information content (AvgIpc) is 3.29. The Labute approximate surface area is 172 Å². The maximum atomic E-state index is 12.5. The van der Waals surface area contributed by atoms with Crippen molar-refractivity contribution in [2.24, 2.45) is 0 Å². The van der Waals surface area contributed by atoms with Gasteiger partial charge in [-0.1, -0.05) is 19.8 Å². The summed E-state index contributed by atoms with van der Waals surface area (Å²) in [5.74, 6) is 0. The van der Waals surface area contributed by atoms with Gasteiger partial charge in [0, 0.05) is 12.6 Å². The highest BCUT2D eigenvalue weighted by molar-refractivity contribution is 5.85. The Kier molecular flexibility index (Phi) is 6.06. The normalized spacial score (nSPS) is 24.3. The Morgan fingerprint density at radius 3 is 2.73 bits per heavy atom. The lowest BCUT2D eigenvalue weighted by atomic mass is 10.1. The predicted octanol–water partition coefficient (Wildman–Crippen LogP) is -0.669. The molecule has 0 radical (unpaired) electrons. The summed E-state index contributed by atoms with van der Waals surface area (Å²) >= 11 is 0. The predicted molar refractivity (Wildman–Crippen MR) is 107 cm³/mol. The number of hydrogen-bond donors (Lipinski definition) is 4. The lowest BCUT2D eigenvalue weighted by molar-refractivity contribution is -0.0511. The van der Waals surface area contributed by atoms with Gasteiger partial charge in [0.2, 0.25) is 0 Å². The highest BCUT2D eigenvalue weighted by atomic mass is 16.6. The van der Waals surface area contributed by atoms with Gasteiger partial charge in [0.25, 0.3) is 5.56 Å². The van der Waals surface area contributed by atoms with E-state index in [1.165, 1.54) is 27.7 Å². The summed E-state index contributed by atoms with van der Waals surface area (Å²) in [5.41, 5.74) is 1.42. The number of aliphatic hydroxyl groups excluding tert-OH is 3. The van der Waals surface area contributed by atoms with E-state index in [-0.39, 0.29) is 5.56 Å². The van der Waals surface area contributed by atoms with Gasteiger partial charge < -0.3 is 25.4 Å². The van der Waals surface area contributed by atoms with Crippen LogP contribution in [0, 0.1) is 0 Å². The Morgan fingerprint density at radius 2 is 2.00 bits per heavy atom. The lowest BCUT2D eigenvalue weighted by Crippen LogP contribution is -2.33. The zero-order valence-electron chi connectivity index (χ0n) is 16.7. The van der Waals surface area contributed by atoms with Gasteiger partial charge in [-0.2, -0.15) is 0 Å². The van der Waals surface area contributed by atoms with Crippen LogP contribution in [-0.2, 0) is 11.3 Å². The number of rotatable bonds is 8. The molecule has 4 heterocycles. The van der Waals surface area contributed by atoms with Gasteiger partial charge in [0.05, 0.1) is 18.6 Å². The van der Waals surface area contributed by atoms with E-state index in [2.05, 4.69) is 27.2 Å². The Balaban J connectivity index is 1.67. The zero-order chi connectivity index (χ0) is 21.3. The van der Waals surface area contributed by atoms with Crippen LogP contribution in [0.15, 0.2) is 23.5 Å². The topological polar surface area (TPSA) is 147 Å². The molecule has 0 spiro atoms. The van der Waals surface area contributed by atoms with E-state index in [0.717, 1.165) is 25.8 Å². The fourth-order valence-electron chi connectivity index (χ4n) is 3.67. The van der Waals surface area contributed by atoms with E-state index in [1.807, 2.05) is 0 Å². The van der Waals surface area contributed by atoms with Crippen molar-refractivity contribution in [3.63, 3.8) is 0 Å². The fraction of sp³-hybridized carbons (Fsp3) is 0.579. The number of ether oxygens (including phenoxy) is 1. The largest absolute Gasteiger partial charge is 0.394 e. The Bertz CT molecular complexity index is 1080. The number of unbranched alkanes of at least 4 members (excludes halogenated alkanes) is 2. The molecule has 3 aromatic rings. The van der Waals surface area contributed by atoms with Crippen LogP contribution in [0.5, 0.6) is 0 Å². The van der Waals surface area contributed by atoms with E-state index in [4.69, 9.17) is 4.74 Å². The van der Waals surface area contributed by atoms with Crippen LogP contribution < -0.4 is 10.9 Å². The van der Waals surface area contributed by atoms with Gasteiger partial charge in [0.1, 0.15) is 24.6 Å². The summed E-state index contributed by atoms with van der Waals surface area (Å²) in [5, 5.41) is 32.9. The Hall–Kier alpha value is -2.44. The minimum absolute atomic E-state index is 0.262. The molecular formula is C19H26N6O5. The molecule has 11 nitrogen and oxygen atoms in total. The summed E-state index contributed by atoms with van der Waals surface area (Å²) < 4.78 is 8.36. The van der Waals surface area contributed by atoms with Crippen LogP contribution in [0.1, 0.15) is 38.1 Å². The fourth-order valence-corrected chi connectivity index (χ4v) is 3.67. The van der Waals surface area contributed by atoms with Gasteiger partial charge in [-0.3, -0.25) is 9.36 Å². The van der Waals surface area contributed by atoms with E-state index in [0.29, 0.717) is 29.0 Å². The third kappa shape index (κ3) is 3.70. The van der Waals surface area contributed by atoms with Gasteiger partial charge >= 0.3 is 0 Å². The summed E-state index contributed by atoms with van der Waals surface area (Å²) in [7, 11) is 0. The standard InChI is InChI=1S/C19H26N6O5/c1-2-3-4-5-20-7-11-6-13(27)24-10-22-17-14(18(24)23-11)21-9-25(17)19-16(29)15(28)12(8-26)30-19/h6,9-10,12,15-16,19-20,26,28-29H,2-5,7-8H2,1H3/t12-,15-,16-,19-/m1/s1. The van der Waals surface area contributed by atoms with Crippen molar-refractivity contribution in [1.29, 1.82) is 0 Å². The van der Waals surface area contributed by atoms with Crippen LogP contribution in [0.2, 0.25) is 0 Å². The number of nitrogens with zero attached hydrogens (tertiary/aromatic N) is 5. The molecule has 4 atom stereocenters. The van der Waals surface area contributed by atoms with E-state index in [9.17, 15) is 20.1 Å². The first-order valence-corrected chi connectivity index (χ1v) is 10.1. The summed E-state index contributed by atoms with van der Waals surface area (Å²) in [6, 6.07) is 1.47. The molecule has 0 amide bonds. The quantitative estimate of drug-likeness (QED) is 0.350. The smallest absolute Gasteiger partial charge is 0.259 e. The molecule has 0 bridgehead atoms. The first-order valence-electron chi connectivity index (χ1n) is 10.1. The number of aromatic nitrogens is 5. The highest BCUT2D eigenvalue weighted by Gasteiger charge is 2.44. The SMILES string of the molecule is CCCCCNCc1cc(=O)n2cnc3c(ncn3[C@@H]3O[C@H](CO)[C@@H](O)[C@H]3O)c2n1. The molecule has 4 rings (SSSR count). The molecule has 0 saturated carbocycles. The molecule has 0 aliphatic carbocycles. The van der Waals surface area contributed by atoms with Crippen molar-refractivity contribution in [3.8, 4) is 0 Å². The molecule has 1 saturated heterocycles. The molecule has 3 aromatic heterocycles. The number of aliphatic hydroxyl groups is 3. The number of imidazole rings is 1. The molecule has 11 heteroatoms. The molecular weight excluding hydrogens is 392 g/mol. The van der Waals surface area contributed by atoms with Crippen LogP contribution >= 0.6 is 0 Å². The summed E-state index contributed by atoms with van der Waals surface area (Å²) in [4.78, 5) is 25.7. The second-order valence-electron chi connectivity index (χ2n) is 7.46. The zero-order valence-corrected chi connectivity index (χ0v) is 16.7. The van der Waals surface area contributed by atoms with Crippen molar-refractivity contribution in [2.45, 2.75) is 57.3 Å². The molecule has 0 unspecified atom stereocenters. The number of nitrogens with one attached hydrogen (secondary N) is 1.